The van der Waals surface area contributed by atoms with E-state index in [9.17, 15) is 18.0 Å². The van der Waals surface area contributed by atoms with Gasteiger partial charge in [0.1, 0.15) is 4.21 Å². The highest BCUT2D eigenvalue weighted by Crippen LogP contribution is 2.23. The first-order valence-corrected chi connectivity index (χ1v) is 13.3. The minimum Gasteiger partial charge on any atom is -0.351 e. The Bertz CT molecular complexity index is 1210. The number of rotatable bonds is 11. The zero-order valence-electron chi connectivity index (χ0n) is 19.5. The summed E-state index contributed by atoms with van der Waals surface area (Å²) in [4.78, 5) is 27.4. The van der Waals surface area contributed by atoms with Crippen LogP contribution >= 0.6 is 23.7 Å². The highest BCUT2D eigenvalue weighted by atomic mass is 35.5. The fourth-order valence-corrected chi connectivity index (χ4v) is 5.33. The largest absolute Gasteiger partial charge is 0.351 e. The van der Waals surface area contributed by atoms with Crippen molar-refractivity contribution in [1.29, 1.82) is 0 Å². The summed E-state index contributed by atoms with van der Waals surface area (Å²) in [6.07, 6.45) is 0. The summed E-state index contributed by atoms with van der Waals surface area (Å²) >= 11 is 1.09. The molecule has 1 heterocycles. The van der Waals surface area contributed by atoms with Crippen LogP contribution < -0.4 is 15.4 Å². The van der Waals surface area contributed by atoms with Crippen LogP contribution in [0, 0.1) is 0 Å². The van der Waals surface area contributed by atoms with E-state index >= 15 is 0 Å². The third-order valence-corrected chi connectivity index (χ3v) is 7.95. The molecule has 0 radical (unpaired) electrons. The fourth-order valence-electron chi connectivity index (χ4n) is 3.25. The number of nitrogens with one attached hydrogen (secondary N) is 3. The number of para-hydroxylation sites is 1. The number of anilines is 2. The Labute approximate surface area is 216 Å². The van der Waals surface area contributed by atoms with Crippen LogP contribution in [0.1, 0.15) is 34.6 Å². The number of thiophene rings is 1. The molecule has 1 aromatic heterocycles. The summed E-state index contributed by atoms with van der Waals surface area (Å²) < 4.78 is 27.8. The number of likely N-dealkylation sites (N-methyl/N-ethyl adjacent to an activating group) is 1. The second kappa shape index (κ2) is 13.2. The lowest BCUT2D eigenvalue weighted by Crippen LogP contribution is -2.34. The van der Waals surface area contributed by atoms with Crippen LogP contribution in [0.2, 0.25) is 0 Å². The van der Waals surface area contributed by atoms with Crippen LogP contribution in [0.4, 0.5) is 11.4 Å². The lowest BCUT2D eigenvalue weighted by molar-refractivity contribution is 0.0948. The van der Waals surface area contributed by atoms with Crippen LogP contribution in [0.25, 0.3) is 0 Å². The van der Waals surface area contributed by atoms with E-state index in [0.717, 1.165) is 31.0 Å². The van der Waals surface area contributed by atoms with E-state index in [-0.39, 0.29) is 33.8 Å². The summed E-state index contributed by atoms with van der Waals surface area (Å²) in [6, 6.07) is 16.1. The van der Waals surface area contributed by atoms with Crippen LogP contribution in [-0.4, -0.2) is 51.3 Å². The molecule has 3 N–H and O–H groups in total. The normalized spacial score (nSPS) is 10.9. The molecule has 0 saturated heterocycles. The maximum Gasteiger partial charge on any atom is 0.271 e. The minimum absolute atomic E-state index is 0. The third-order valence-electron chi connectivity index (χ3n) is 5.19. The van der Waals surface area contributed by atoms with Crippen molar-refractivity contribution in [1.82, 2.24) is 10.2 Å². The molecule has 0 aliphatic heterocycles. The number of nitrogens with zero attached hydrogens (tertiary/aromatic N) is 1. The van der Waals surface area contributed by atoms with Crippen molar-refractivity contribution in [3.8, 4) is 0 Å². The van der Waals surface area contributed by atoms with Gasteiger partial charge in [0, 0.05) is 24.3 Å². The van der Waals surface area contributed by atoms with Gasteiger partial charge in [0.15, 0.2) is 0 Å². The van der Waals surface area contributed by atoms with Gasteiger partial charge in [-0.3, -0.25) is 14.3 Å². The first-order chi connectivity index (χ1) is 16.3. The Morgan fingerprint density at radius 3 is 2.23 bits per heavy atom. The van der Waals surface area contributed by atoms with E-state index in [0.29, 0.717) is 17.8 Å². The summed E-state index contributed by atoms with van der Waals surface area (Å²) in [5, 5.41) is 7.31. The fraction of sp³-hybridized carbons (Fsp3) is 0.250. The smallest absolute Gasteiger partial charge is 0.271 e. The van der Waals surface area contributed by atoms with E-state index < -0.39 is 15.9 Å². The quantitative estimate of drug-likeness (QED) is 0.339. The van der Waals surface area contributed by atoms with Gasteiger partial charge in [-0.2, -0.15) is 0 Å². The topological polar surface area (TPSA) is 108 Å². The monoisotopic (exact) mass is 536 g/mol. The van der Waals surface area contributed by atoms with Crippen LogP contribution in [0.5, 0.6) is 0 Å². The van der Waals surface area contributed by atoms with Crippen molar-refractivity contribution < 1.29 is 18.0 Å². The molecule has 0 fully saturated rings. The highest BCUT2D eigenvalue weighted by molar-refractivity contribution is 7.94. The number of hydrogen-bond acceptors (Lipinski definition) is 6. The molecule has 0 spiro atoms. The van der Waals surface area contributed by atoms with Crippen LogP contribution in [0.3, 0.4) is 0 Å². The molecule has 8 nitrogen and oxygen atoms in total. The standard InChI is InChI=1S/C24H28N4O4S2.ClH/c1-3-28(4-2)16-15-25-23(29)18-11-13-19(14-12-18)26-24(30)20-8-5-6-9-21(20)27-34(31,32)22-10-7-17-33-22;/h5-14,17,27H,3-4,15-16H2,1-2H3,(H,25,29)(H,26,30);1H. The Kier molecular flexibility index (Phi) is 10.7. The summed E-state index contributed by atoms with van der Waals surface area (Å²) in [5.41, 5.74) is 1.33. The molecule has 0 unspecified atom stereocenters. The number of carbonyl (C=O) groups excluding carboxylic acids is 2. The predicted molar refractivity (Wildman–Crippen MR) is 143 cm³/mol. The van der Waals surface area contributed by atoms with Gasteiger partial charge >= 0.3 is 0 Å². The molecule has 11 heteroatoms. The van der Waals surface area contributed by atoms with Gasteiger partial charge < -0.3 is 15.5 Å². The first kappa shape index (κ1) is 28.3. The molecular weight excluding hydrogens is 508 g/mol. The SMILES string of the molecule is CCN(CC)CCNC(=O)c1ccc(NC(=O)c2ccccc2NS(=O)(=O)c2cccs2)cc1.Cl. The maximum absolute atomic E-state index is 12.9. The van der Waals surface area contributed by atoms with Gasteiger partial charge in [0.2, 0.25) is 0 Å². The van der Waals surface area contributed by atoms with E-state index in [1.165, 1.54) is 12.1 Å². The average molecular weight is 537 g/mol. The number of halogens is 1. The zero-order valence-corrected chi connectivity index (χ0v) is 21.9. The van der Waals surface area contributed by atoms with Crippen molar-refractivity contribution in [2.45, 2.75) is 18.1 Å². The predicted octanol–water partition coefficient (Wildman–Crippen LogP) is 4.29. The maximum atomic E-state index is 12.9. The highest BCUT2D eigenvalue weighted by Gasteiger charge is 2.19. The van der Waals surface area contributed by atoms with Crippen LogP contribution in [-0.2, 0) is 10.0 Å². The van der Waals surface area contributed by atoms with Crippen molar-refractivity contribution >= 4 is 57.0 Å². The molecule has 188 valence electrons. The van der Waals surface area contributed by atoms with Crippen molar-refractivity contribution in [3.63, 3.8) is 0 Å². The van der Waals surface area contributed by atoms with E-state index in [1.807, 2.05) is 0 Å². The second-order valence-corrected chi connectivity index (χ2v) is 10.3. The Morgan fingerprint density at radius 1 is 0.914 bits per heavy atom. The van der Waals surface area contributed by atoms with E-state index in [2.05, 4.69) is 34.1 Å². The Hall–Kier alpha value is -2.92. The number of amides is 2. The van der Waals surface area contributed by atoms with Gasteiger partial charge in [0.25, 0.3) is 21.8 Å². The summed E-state index contributed by atoms with van der Waals surface area (Å²) in [5.74, 6) is -0.653. The molecule has 0 aliphatic carbocycles. The van der Waals surface area contributed by atoms with Gasteiger partial charge in [-0.15, -0.1) is 23.7 Å². The van der Waals surface area contributed by atoms with E-state index in [4.69, 9.17) is 0 Å². The first-order valence-electron chi connectivity index (χ1n) is 10.9. The second-order valence-electron chi connectivity index (χ2n) is 7.40. The van der Waals surface area contributed by atoms with Crippen molar-refractivity contribution in [3.05, 3.63) is 77.2 Å². The Morgan fingerprint density at radius 2 is 1.60 bits per heavy atom. The van der Waals surface area contributed by atoms with Gasteiger partial charge in [-0.25, -0.2) is 8.42 Å². The zero-order chi connectivity index (χ0) is 24.6. The summed E-state index contributed by atoms with van der Waals surface area (Å²) in [6.45, 7) is 7.35. The van der Waals surface area contributed by atoms with Gasteiger partial charge in [-0.1, -0.05) is 32.0 Å². The van der Waals surface area contributed by atoms with Crippen molar-refractivity contribution in [2.75, 3.05) is 36.2 Å². The van der Waals surface area contributed by atoms with Gasteiger partial charge in [-0.05, 0) is 60.9 Å². The number of carbonyl (C=O) groups is 2. The molecule has 2 amide bonds. The van der Waals surface area contributed by atoms with E-state index in [1.54, 1.807) is 53.9 Å². The molecule has 0 aliphatic rings. The number of hydrogen-bond donors (Lipinski definition) is 3. The molecule has 3 aromatic rings. The minimum atomic E-state index is -3.79. The molecule has 0 saturated carbocycles. The molecule has 2 aromatic carbocycles. The summed E-state index contributed by atoms with van der Waals surface area (Å²) in [7, 11) is -3.79. The van der Waals surface area contributed by atoms with Crippen molar-refractivity contribution in [2.24, 2.45) is 0 Å². The lowest BCUT2D eigenvalue weighted by atomic mass is 10.1. The Balaban J connectivity index is 0.00000432. The number of sulfonamides is 1. The average Bonchev–Trinajstić information content (AvgIpc) is 3.38. The molecule has 0 atom stereocenters. The van der Waals surface area contributed by atoms with Gasteiger partial charge in [0.05, 0.1) is 11.3 Å². The number of benzene rings is 2. The molecule has 35 heavy (non-hydrogen) atoms. The molecular formula is C24H29ClN4O4S2. The molecule has 0 bridgehead atoms. The van der Waals surface area contributed by atoms with Crippen LogP contribution in [0.15, 0.2) is 70.3 Å². The lowest BCUT2D eigenvalue weighted by Gasteiger charge is -2.18. The third kappa shape index (κ3) is 7.79. The molecule has 3 rings (SSSR count).